The van der Waals surface area contributed by atoms with Crippen molar-refractivity contribution >= 4 is 10.9 Å². The zero-order valence-corrected chi connectivity index (χ0v) is 11.0. The highest BCUT2D eigenvalue weighted by Crippen LogP contribution is 2.29. The highest BCUT2D eigenvalue weighted by molar-refractivity contribution is 5.79. The van der Waals surface area contributed by atoms with E-state index in [0.717, 1.165) is 19.4 Å². The topological polar surface area (TPSA) is 47.1 Å². The van der Waals surface area contributed by atoms with Crippen LogP contribution < -0.4 is 5.73 Å². The minimum absolute atomic E-state index is 0.312. The van der Waals surface area contributed by atoms with Crippen LogP contribution >= 0.6 is 0 Å². The van der Waals surface area contributed by atoms with E-state index in [1.807, 2.05) is 6.20 Å². The molecule has 2 unspecified atom stereocenters. The van der Waals surface area contributed by atoms with Gasteiger partial charge in [-0.2, -0.15) is 0 Å². The van der Waals surface area contributed by atoms with Crippen LogP contribution in [0.3, 0.4) is 0 Å². The zero-order valence-electron chi connectivity index (χ0n) is 11.0. The largest absolute Gasteiger partial charge is 0.349 e. The highest BCUT2D eigenvalue weighted by Gasteiger charge is 2.25. The van der Waals surface area contributed by atoms with Crippen molar-refractivity contribution in [1.29, 1.82) is 0 Å². The Morgan fingerprint density at radius 3 is 2.94 bits per heavy atom. The number of likely N-dealkylation sites (N-methyl/N-ethyl adjacent to an activating group) is 1. The summed E-state index contributed by atoms with van der Waals surface area (Å²) in [6.07, 6.45) is 6.25. The van der Waals surface area contributed by atoms with Gasteiger partial charge in [-0.15, -0.1) is 0 Å². The standard InChI is InChI=1S/C14H20N4/c1-17-6-5-10-7-12(16-8-14(10)17)13-4-3-11(15)9-18(13)2/h5-8,11,13H,3-4,9,15H2,1-2H3. The molecule has 0 saturated carbocycles. The second-order valence-electron chi connectivity index (χ2n) is 5.39. The fraction of sp³-hybridized carbons (Fsp3) is 0.500. The van der Waals surface area contributed by atoms with Gasteiger partial charge in [0, 0.05) is 31.2 Å². The van der Waals surface area contributed by atoms with Gasteiger partial charge >= 0.3 is 0 Å². The molecule has 2 aromatic heterocycles. The molecular weight excluding hydrogens is 224 g/mol. The highest BCUT2D eigenvalue weighted by atomic mass is 15.2. The molecule has 3 heterocycles. The van der Waals surface area contributed by atoms with Gasteiger partial charge < -0.3 is 10.3 Å². The summed E-state index contributed by atoms with van der Waals surface area (Å²) in [5, 5.41) is 1.27. The van der Waals surface area contributed by atoms with E-state index >= 15 is 0 Å². The molecule has 1 aliphatic heterocycles. The second kappa shape index (κ2) is 4.37. The van der Waals surface area contributed by atoms with E-state index in [-0.39, 0.29) is 0 Å². The van der Waals surface area contributed by atoms with Crippen molar-refractivity contribution in [1.82, 2.24) is 14.5 Å². The monoisotopic (exact) mass is 244 g/mol. The molecule has 3 rings (SSSR count). The van der Waals surface area contributed by atoms with Crippen LogP contribution in [-0.2, 0) is 7.05 Å². The molecule has 0 amide bonds. The molecule has 1 aliphatic rings. The molecule has 0 radical (unpaired) electrons. The number of nitrogens with two attached hydrogens (primary N) is 1. The Morgan fingerprint density at radius 2 is 2.17 bits per heavy atom. The van der Waals surface area contributed by atoms with Crippen molar-refractivity contribution in [3.05, 3.63) is 30.2 Å². The second-order valence-corrected chi connectivity index (χ2v) is 5.39. The molecule has 4 heteroatoms. The first kappa shape index (κ1) is 11.7. The molecular formula is C14H20N4. The number of rotatable bonds is 1. The zero-order chi connectivity index (χ0) is 12.7. The molecule has 4 nitrogen and oxygen atoms in total. The third-order valence-corrected chi connectivity index (χ3v) is 4.00. The van der Waals surface area contributed by atoms with E-state index in [4.69, 9.17) is 5.73 Å². The third kappa shape index (κ3) is 1.91. The predicted octanol–water partition coefficient (Wildman–Crippen LogP) is 1.67. The molecule has 1 saturated heterocycles. The van der Waals surface area contributed by atoms with E-state index in [2.05, 4.69) is 46.9 Å². The average molecular weight is 244 g/mol. The van der Waals surface area contributed by atoms with Crippen molar-refractivity contribution in [3.63, 3.8) is 0 Å². The van der Waals surface area contributed by atoms with Gasteiger partial charge in [0.15, 0.2) is 0 Å². The fourth-order valence-electron chi connectivity index (χ4n) is 2.92. The van der Waals surface area contributed by atoms with Crippen LogP contribution in [-0.4, -0.2) is 34.1 Å². The smallest absolute Gasteiger partial charge is 0.0664 e. The third-order valence-electron chi connectivity index (χ3n) is 4.00. The summed E-state index contributed by atoms with van der Waals surface area (Å²) >= 11 is 0. The van der Waals surface area contributed by atoms with Crippen molar-refractivity contribution in [3.8, 4) is 0 Å². The molecule has 96 valence electrons. The summed E-state index contributed by atoms with van der Waals surface area (Å²) in [4.78, 5) is 6.96. The number of hydrogen-bond donors (Lipinski definition) is 1. The molecule has 0 aromatic carbocycles. The molecule has 2 N–H and O–H groups in total. The van der Waals surface area contributed by atoms with Crippen LogP contribution in [0.2, 0.25) is 0 Å². The Kier molecular flexibility index (Phi) is 2.84. The number of likely N-dealkylation sites (tertiary alicyclic amines) is 1. The van der Waals surface area contributed by atoms with Gasteiger partial charge in [-0.25, -0.2) is 0 Å². The maximum atomic E-state index is 5.99. The Balaban J connectivity index is 1.94. The van der Waals surface area contributed by atoms with Crippen molar-refractivity contribution in [2.24, 2.45) is 12.8 Å². The van der Waals surface area contributed by atoms with Gasteiger partial charge in [0.25, 0.3) is 0 Å². The quantitative estimate of drug-likeness (QED) is 0.830. The molecule has 1 fully saturated rings. The Hall–Kier alpha value is -1.39. The SMILES string of the molecule is CN1CC(N)CCC1c1cc2ccn(C)c2cn1. The predicted molar refractivity (Wildman–Crippen MR) is 73.3 cm³/mol. The number of hydrogen-bond acceptors (Lipinski definition) is 3. The lowest BCUT2D eigenvalue weighted by Crippen LogP contribution is -2.42. The molecule has 0 bridgehead atoms. The maximum absolute atomic E-state index is 5.99. The van der Waals surface area contributed by atoms with Gasteiger partial charge in [0.1, 0.15) is 0 Å². The first-order chi connectivity index (χ1) is 8.65. The van der Waals surface area contributed by atoms with Crippen LogP contribution in [0.5, 0.6) is 0 Å². The Labute approximate surface area is 107 Å². The summed E-state index contributed by atoms with van der Waals surface area (Å²) in [6.45, 7) is 0.958. The van der Waals surface area contributed by atoms with E-state index in [1.54, 1.807) is 0 Å². The number of pyridine rings is 1. The number of aromatic nitrogens is 2. The van der Waals surface area contributed by atoms with E-state index < -0.39 is 0 Å². The number of nitrogens with zero attached hydrogens (tertiary/aromatic N) is 3. The van der Waals surface area contributed by atoms with Crippen LogP contribution in [0.4, 0.5) is 0 Å². The van der Waals surface area contributed by atoms with Gasteiger partial charge in [0.05, 0.1) is 23.4 Å². The normalized spacial score (nSPS) is 25.7. The number of piperidine rings is 1. The van der Waals surface area contributed by atoms with E-state index in [0.29, 0.717) is 12.1 Å². The number of aryl methyl sites for hydroxylation is 1. The Bertz CT molecular complexity index is 560. The maximum Gasteiger partial charge on any atom is 0.0664 e. The lowest BCUT2D eigenvalue weighted by Gasteiger charge is -2.35. The first-order valence-electron chi connectivity index (χ1n) is 6.52. The molecule has 2 atom stereocenters. The molecule has 2 aromatic rings. The molecule has 0 spiro atoms. The van der Waals surface area contributed by atoms with Gasteiger partial charge in [0.2, 0.25) is 0 Å². The van der Waals surface area contributed by atoms with Crippen molar-refractivity contribution in [2.45, 2.75) is 24.9 Å². The van der Waals surface area contributed by atoms with E-state index in [1.165, 1.54) is 16.6 Å². The van der Waals surface area contributed by atoms with Crippen LogP contribution in [0, 0.1) is 0 Å². The molecule has 18 heavy (non-hydrogen) atoms. The number of fused-ring (bicyclic) bond motifs is 1. The Morgan fingerprint density at radius 1 is 1.33 bits per heavy atom. The van der Waals surface area contributed by atoms with E-state index in [9.17, 15) is 0 Å². The molecule has 0 aliphatic carbocycles. The summed E-state index contributed by atoms with van der Waals surface area (Å²) < 4.78 is 2.10. The van der Waals surface area contributed by atoms with Gasteiger partial charge in [-0.05, 0) is 32.0 Å². The summed E-state index contributed by atoms with van der Waals surface area (Å²) in [5.74, 6) is 0. The first-order valence-corrected chi connectivity index (χ1v) is 6.52. The minimum Gasteiger partial charge on any atom is -0.349 e. The van der Waals surface area contributed by atoms with Gasteiger partial charge in [-0.3, -0.25) is 9.88 Å². The lowest BCUT2D eigenvalue weighted by atomic mass is 9.96. The van der Waals surface area contributed by atoms with Crippen molar-refractivity contribution < 1.29 is 0 Å². The fourth-order valence-corrected chi connectivity index (χ4v) is 2.92. The van der Waals surface area contributed by atoms with Crippen molar-refractivity contribution in [2.75, 3.05) is 13.6 Å². The van der Waals surface area contributed by atoms with Crippen LogP contribution in [0.15, 0.2) is 24.5 Å². The summed E-state index contributed by atoms with van der Waals surface area (Å²) in [6, 6.07) is 5.09. The minimum atomic E-state index is 0.312. The van der Waals surface area contributed by atoms with Crippen LogP contribution in [0.1, 0.15) is 24.6 Å². The van der Waals surface area contributed by atoms with Gasteiger partial charge in [-0.1, -0.05) is 0 Å². The van der Waals surface area contributed by atoms with Crippen LogP contribution in [0.25, 0.3) is 10.9 Å². The summed E-state index contributed by atoms with van der Waals surface area (Å²) in [7, 11) is 4.19. The average Bonchev–Trinajstić information content (AvgIpc) is 2.71. The lowest BCUT2D eigenvalue weighted by molar-refractivity contribution is 0.166. The summed E-state index contributed by atoms with van der Waals surface area (Å²) in [5.41, 5.74) is 8.35.